The van der Waals surface area contributed by atoms with Crippen LogP contribution in [0.5, 0.6) is 5.75 Å². The molecule has 1 aromatic carbocycles. The van der Waals surface area contributed by atoms with E-state index < -0.39 is 0 Å². The molecule has 0 spiro atoms. The topological polar surface area (TPSA) is 22.1 Å². The van der Waals surface area contributed by atoms with E-state index in [1.807, 2.05) is 12.3 Å². The first kappa shape index (κ1) is 23.8. The Bertz CT molecular complexity index is 721. The minimum Gasteiger partial charge on any atom is -0.492 e. The largest absolute Gasteiger partial charge is 0.492 e. The summed E-state index contributed by atoms with van der Waals surface area (Å²) in [5.41, 5.74) is 3.68. The molecule has 0 radical (unpaired) electrons. The first-order chi connectivity index (χ1) is 15.3. The molecule has 1 aliphatic rings. The van der Waals surface area contributed by atoms with E-state index >= 15 is 0 Å². The highest BCUT2D eigenvalue weighted by Crippen LogP contribution is 2.35. The third kappa shape index (κ3) is 8.31. The summed E-state index contributed by atoms with van der Waals surface area (Å²) in [5.74, 6) is 2.81. The van der Waals surface area contributed by atoms with Crippen LogP contribution in [0.1, 0.15) is 96.5 Å². The maximum absolute atomic E-state index is 5.78. The van der Waals surface area contributed by atoms with Gasteiger partial charge in [0, 0.05) is 5.56 Å². The molecular formula is C29H43NO. The number of benzene rings is 1. The molecule has 1 saturated carbocycles. The molecule has 1 aromatic heterocycles. The number of unbranched alkanes of at least 4 members (excludes halogenated alkanes) is 4. The lowest BCUT2D eigenvalue weighted by Gasteiger charge is -2.29. The van der Waals surface area contributed by atoms with E-state index in [0.29, 0.717) is 0 Å². The number of rotatable bonds is 13. The van der Waals surface area contributed by atoms with E-state index in [-0.39, 0.29) is 0 Å². The number of aryl methyl sites for hydroxylation is 1. The van der Waals surface area contributed by atoms with Crippen molar-refractivity contribution in [1.82, 2.24) is 4.98 Å². The second kappa shape index (κ2) is 13.6. The van der Waals surface area contributed by atoms with Gasteiger partial charge in [0.1, 0.15) is 5.75 Å². The molecule has 170 valence electrons. The van der Waals surface area contributed by atoms with E-state index in [1.54, 1.807) is 0 Å². The van der Waals surface area contributed by atoms with Gasteiger partial charge in [-0.25, -0.2) is 0 Å². The Kier molecular flexibility index (Phi) is 10.4. The summed E-state index contributed by atoms with van der Waals surface area (Å²) in [6.45, 7) is 5.30. The molecule has 1 heterocycles. The molecule has 2 aromatic rings. The van der Waals surface area contributed by atoms with Crippen molar-refractivity contribution in [1.29, 1.82) is 0 Å². The van der Waals surface area contributed by atoms with Crippen molar-refractivity contribution in [2.45, 2.75) is 97.3 Å². The van der Waals surface area contributed by atoms with Gasteiger partial charge in [0.05, 0.1) is 18.5 Å². The molecule has 2 heteroatoms. The van der Waals surface area contributed by atoms with Crippen LogP contribution >= 0.6 is 0 Å². The average Bonchev–Trinajstić information content (AvgIpc) is 2.82. The SMILES string of the molecule is CCCCCOc1ccc(-c2ccc(CCC3CCCC(CCCCC)C3)cc2)nc1. The van der Waals surface area contributed by atoms with Gasteiger partial charge in [0.2, 0.25) is 0 Å². The summed E-state index contributed by atoms with van der Waals surface area (Å²) < 4.78 is 5.78. The Hall–Kier alpha value is -1.83. The summed E-state index contributed by atoms with van der Waals surface area (Å²) in [5, 5.41) is 0. The lowest BCUT2D eigenvalue weighted by atomic mass is 9.77. The fourth-order valence-electron chi connectivity index (χ4n) is 5.00. The molecule has 3 rings (SSSR count). The lowest BCUT2D eigenvalue weighted by molar-refractivity contribution is 0.240. The second-order valence-corrected chi connectivity index (χ2v) is 9.56. The summed E-state index contributed by atoms with van der Waals surface area (Å²) in [6, 6.07) is 13.2. The molecule has 31 heavy (non-hydrogen) atoms. The zero-order valence-electron chi connectivity index (χ0n) is 20.0. The Morgan fingerprint density at radius 1 is 0.839 bits per heavy atom. The van der Waals surface area contributed by atoms with Crippen LogP contribution < -0.4 is 4.74 Å². The quantitative estimate of drug-likeness (QED) is 0.302. The van der Waals surface area contributed by atoms with Gasteiger partial charge in [-0.2, -0.15) is 0 Å². The van der Waals surface area contributed by atoms with E-state index in [1.165, 1.54) is 88.2 Å². The smallest absolute Gasteiger partial charge is 0.137 e. The summed E-state index contributed by atoms with van der Waals surface area (Å²) in [7, 11) is 0. The third-order valence-corrected chi connectivity index (χ3v) is 6.95. The van der Waals surface area contributed by atoms with Gasteiger partial charge >= 0.3 is 0 Å². The van der Waals surface area contributed by atoms with Crippen molar-refractivity contribution in [2.24, 2.45) is 11.8 Å². The van der Waals surface area contributed by atoms with Crippen LogP contribution in [0.4, 0.5) is 0 Å². The molecule has 0 amide bonds. The first-order valence-corrected chi connectivity index (χ1v) is 13.0. The lowest BCUT2D eigenvalue weighted by Crippen LogP contribution is -2.16. The predicted octanol–water partition coefficient (Wildman–Crippen LogP) is 8.64. The maximum atomic E-state index is 5.78. The van der Waals surface area contributed by atoms with Crippen LogP contribution in [0.2, 0.25) is 0 Å². The molecular weight excluding hydrogens is 378 g/mol. The number of hydrogen-bond donors (Lipinski definition) is 0. The number of nitrogens with zero attached hydrogens (tertiary/aromatic N) is 1. The Balaban J connectivity index is 1.43. The zero-order valence-corrected chi connectivity index (χ0v) is 20.0. The molecule has 0 N–H and O–H groups in total. The van der Waals surface area contributed by atoms with E-state index in [0.717, 1.165) is 36.3 Å². The van der Waals surface area contributed by atoms with Crippen molar-refractivity contribution >= 4 is 0 Å². The first-order valence-electron chi connectivity index (χ1n) is 13.0. The van der Waals surface area contributed by atoms with E-state index in [9.17, 15) is 0 Å². The third-order valence-electron chi connectivity index (χ3n) is 6.95. The maximum Gasteiger partial charge on any atom is 0.137 e. The molecule has 0 bridgehead atoms. The van der Waals surface area contributed by atoms with Crippen LogP contribution in [0.3, 0.4) is 0 Å². The summed E-state index contributed by atoms with van der Waals surface area (Å²) in [4.78, 5) is 4.61. The van der Waals surface area contributed by atoms with Gasteiger partial charge in [-0.1, -0.05) is 95.9 Å². The molecule has 1 fully saturated rings. The monoisotopic (exact) mass is 421 g/mol. The van der Waals surface area contributed by atoms with Gasteiger partial charge in [-0.05, 0) is 55.2 Å². The highest BCUT2D eigenvalue weighted by Gasteiger charge is 2.21. The van der Waals surface area contributed by atoms with Crippen LogP contribution in [0.25, 0.3) is 11.3 Å². The zero-order chi connectivity index (χ0) is 21.7. The number of aromatic nitrogens is 1. The summed E-state index contributed by atoms with van der Waals surface area (Å²) in [6.07, 6.45) is 19.5. The van der Waals surface area contributed by atoms with Crippen LogP contribution in [-0.2, 0) is 6.42 Å². The van der Waals surface area contributed by atoms with Gasteiger partial charge < -0.3 is 4.74 Å². The normalized spacial score (nSPS) is 18.8. The van der Waals surface area contributed by atoms with Crippen molar-refractivity contribution < 1.29 is 4.74 Å². The van der Waals surface area contributed by atoms with Crippen molar-refractivity contribution in [2.75, 3.05) is 6.61 Å². The minimum atomic E-state index is 0.782. The fraction of sp³-hybridized carbons (Fsp3) is 0.621. The minimum absolute atomic E-state index is 0.782. The van der Waals surface area contributed by atoms with E-state index in [2.05, 4.69) is 49.2 Å². The Labute approximate surface area is 190 Å². The average molecular weight is 422 g/mol. The molecule has 2 atom stereocenters. The molecule has 1 aliphatic carbocycles. The van der Waals surface area contributed by atoms with Crippen molar-refractivity contribution in [3.8, 4) is 17.0 Å². The fourth-order valence-corrected chi connectivity index (χ4v) is 5.00. The number of hydrogen-bond acceptors (Lipinski definition) is 2. The molecule has 0 aliphatic heterocycles. The number of ether oxygens (including phenoxy) is 1. The van der Waals surface area contributed by atoms with Crippen molar-refractivity contribution in [3.05, 3.63) is 48.2 Å². The van der Waals surface area contributed by atoms with Crippen LogP contribution in [0, 0.1) is 11.8 Å². The Morgan fingerprint density at radius 2 is 1.58 bits per heavy atom. The second-order valence-electron chi connectivity index (χ2n) is 9.56. The molecule has 0 saturated heterocycles. The Morgan fingerprint density at radius 3 is 2.29 bits per heavy atom. The van der Waals surface area contributed by atoms with Crippen molar-refractivity contribution in [3.63, 3.8) is 0 Å². The van der Waals surface area contributed by atoms with Gasteiger partial charge in [-0.3, -0.25) is 4.98 Å². The van der Waals surface area contributed by atoms with Crippen LogP contribution in [0.15, 0.2) is 42.6 Å². The predicted molar refractivity (Wildman–Crippen MR) is 133 cm³/mol. The van der Waals surface area contributed by atoms with Gasteiger partial charge in [-0.15, -0.1) is 0 Å². The highest BCUT2D eigenvalue weighted by molar-refractivity contribution is 5.59. The number of pyridine rings is 1. The molecule has 2 unspecified atom stereocenters. The van der Waals surface area contributed by atoms with Gasteiger partial charge in [0.25, 0.3) is 0 Å². The van der Waals surface area contributed by atoms with Crippen LogP contribution in [-0.4, -0.2) is 11.6 Å². The summed E-state index contributed by atoms with van der Waals surface area (Å²) >= 11 is 0. The van der Waals surface area contributed by atoms with Gasteiger partial charge in [0.15, 0.2) is 0 Å². The standard InChI is InChI=1S/C29H43NO/c1-3-5-7-10-25-11-9-12-26(22-25)14-13-24-15-17-27(18-16-24)29-20-19-28(23-30-29)31-21-8-6-4-2/h15-20,23,25-26H,3-14,21-22H2,1-2H3. The highest BCUT2D eigenvalue weighted by atomic mass is 16.5. The van der Waals surface area contributed by atoms with E-state index in [4.69, 9.17) is 4.74 Å². The molecule has 2 nitrogen and oxygen atoms in total.